The lowest BCUT2D eigenvalue weighted by molar-refractivity contribution is -0.391. The summed E-state index contributed by atoms with van der Waals surface area (Å²) in [6, 6.07) is 2.69. The first-order valence-electron chi connectivity index (χ1n) is 5.74. The first kappa shape index (κ1) is 12.6. The van der Waals surface area contributed by atoms with Gasteiger partial charge in [0.2, 0.25) is 0 Å². The van der Waals surface area contributed by atoms with E-state index in [0.29, 0.717) is 12.8 Å². The molecule has 0 bridgehead atoms. The number of carbonyl (C=O) groups is 1. The second-order valence-corrected chi connectivity index (χ2v) is 4.65. The van der Waals surface area contributed by atoms with Crippen molar-refractivity contribution in [1.82, 2.24) is 9.88 Å². The molecular formula is C11H15N3O4. The van der Waals surface area contributed by atoms with Crippen molar-refractivity contribution < 1.29 is 14.8 Å². The molecule has 1 heterocycles. The molecule has 0 saturated heterocycles. The molecule has 0 aromatic carbocycles. The van der Waals surface area contributed by atoms with Crippen molar-refractivity contribution in [3.63, 3.8) is 0 Å². The van der Waals surface area contributed by atoms with Crippen LogP contribution in [0.25, 0.3) is 0 Å². The van der Waals surface area contributed by atoms with E-state index in [4.69, 9.17) is 0 Å². The Morgan fingerprint density at radius 2 is 2.28 bits per heavy atom. The number of amides is 1. The molecule has 1 amide bonds. The third-order valence-corrected chi connectivity index (χ3v) is 3.38. The van der Waals surface area contributed by atoms with Crippen molar-refractivity contribution in [2.45, 2.75) is 24.9 Å². The van der Waals surface area contributed by atoms with Crippen LogP contribution in [0.5, 0.6) is 0 Å². The van der Waals surface area contributed by atoms with Gasteiger partial charge in [-0.05, 0) is 30.3 Å². The van der Waals surface area contributed by atoms with Crippen LogP contribution < -0.4 is 5.32 Å². The Morgan fingerprint density at radius 3 is 2.72 bits per heavy atom. The van der Waals surface area contributed by atoms with Crippen molar-refractivity contribution in [3.8, 4) is 0 Å². The maximum absolute atomic E-state index is 11.8. The van der Waals surface area contributed by atoms with Crippen LogP contribution in [0.3, 0.4) is 0 Å². The molecule has 0 radical (unpaired) electrons. The number of carbonyl (C=O) groups excluding carboxylic acids is 1. The molecule has 1 aliphatic carbocycles. The number of aromatic nitrogens is 1. The summed E-state index contributed by atoms with van der Waals surface area (Å²) < 4.78 is 1.22. The van der Waals surface area contributed by atoms with Gasteiger partial charge in [0.25, 0.3) is 5.91 Å². The average molecular weight is 253 g/mol. The van der Waals surface area contributed by atoms with Crippen LogP contribution in [0.1, 0.15) is 29.8 Å². The minimum absolute atomic E-state index is 0.137. The molecular weight excluding hydrogens is 238 g/mol. The summed E-state index contributed by atoms with van der Waals surface area (Å²) in [5, 5.41) is 23.1. The van der Waals surface area contributed by atoms with E-state index in [0.717, 1.165) is 6.42 Å². The Bertz CT molecular complexity index is 490. The Kier molecular flexibility index (Phi) is 3.08. The van der Waals surface area contributed by atoms with E-state index in [1.165, 1.54) is 23.7 Å². The molecule has 0 atom stereocenters. The molecule has 2 rings (SSSR count). The third-order valence-electron chi connectivity index (χ3n) is 3.38. The average Bonchev–Trinajstić information content (AvgIpc) is 2.65. The van der Waals surface area contributed by atoms with Gasteiger partial charge in [0, 0.05) is 12.6 Å². The Morgan fingerprint density at radius 1 is 1.61 bits per heavy atom. The molecule has 1 saturated carbocycles. The topological polar surface area (TPSA) is 97.4 Å². The minimum atomic E-state index is -0.799. The molecule has 7 heteroatoms. The van der Waals surface area contributed by atoms with Gasteiger partial charge in [-0.15, -0.1) is 0 Å². The van der Waals surface area contributed by atoms with E-state index in [9.17, 15) is 20.0 Å². The molecule has 0 unspecified atom stereocenters. The van der Waals surface area contributed by atoms with Gasteiger partial charge in [-0.2, -0.15) is 0 Å². The highest BCUT2D eigenvalue weighted by atomic mass is 16.6. The van der Waals surface area contributed by atoms with Crippen LogP contribution in [0.4, 0.5) is 5.82 Å². The van der Waals surface area contributed by atoms with Crippen molar-refractivity contribution in [2.75, 3.05) is 6.54 Å². The summed E-state index contributed by atoms with van der Waals surface area (Å²) in [5.74, 6) is -0.548. The highest BCUT2D eigenvalue weighted by Crippen LogP contribution is 2.30. The van der Waals surface area contributed by atoms with Crippen LogP contribution in [0.2, 0.25) is 0 Å². The lowest BCUT2D eigenvalue weighted by Crippen LogP contribution is -2.48. The van der Waals surface area contributed by atoms with E-state index in [-0.39, 0.29) is 18.1 Å². The smallest absolute Gasteiger partial charge is 0.323 e. The van der Waals surface area contributed by atoms with Gasteiger partial charge in [-0.25, -0.2) is 4.57 Å². The standard InChI is InChI=1S/C11H15N3O4/c1-13-8(3-4-9(13)14(17)18)10(15)12-7-11(16)5-2-6-11/h3-4,16H,2,5-7H2,1H3,(H,12,15). The summed E-state index contributed by atoms with van der Waals surface area (Å²) >= 11 is 0. The highest BCUT2D eigenvalue weighted by molar-refractivity contribution is 5.93. The Balaban J connectivity index is 2.02. The van der Waals surface area contributed by atoms with Crippen LogP contribution in [0, 0.1) is 10.1 Å². The number of aliphatic hydroxyl groups is 1. The second-order valence-electron chi connectivity index (χ2n) is 4.65. The zero-order chi connectivity index (χ0) is 13.3. The molecule has 18 heavy (non-hydrogen) atoms. The molecule has 1 fully saturated rings. The number of nitrogens with zero attached hydrogens (tertiary/aromatic N) is 2. The van der Waals surface area contributed by atoms with Gasteiger partial charge in [-0.3, -0.25) is 4.79 Å². The first-order chi connectivity index (χ1) is 8.43. The van der Waals surface area contributed by atoms with E-state index in [1.807, 2.05) is 0 Å². The molecule has 0 aliphatic heterocycles. The van der Waals surface area contributed by atoms with Crippen molar-refractivity contribution in [2.24, 2.45) is 7.05 Å². The van der Waals surface area contributed by atoms with Gasteiger partial charge >= 0.3 is 5.82 Å². The summed E-state index contributed by atoms with van der Waals surface area (Å²) in [6.07, 6.45) is 2.32. The molecule has 2 N–H and O–H groups in total. The SMILES string of the molecule is Cn1c(C(=O)NCC2(O)CCC2)ccc1[N+](=O)[O-]. The molecule has 1 aliphatic rings. The maximum atomic E-state index is 11.8. The lowest BCUT2D eigenvalue weighted by atomic mass is 9.80. The van der Waals surface area contributed by atoms with E-state index >= 15 is 0 Å². The Hall–Kier alpha value is -1.89. The van der Waals surface area contributed by atoms with Crippen molar-refractivity contribution >= 4 is 11.7 Å². The zero-order valence-electron chi connectivity index (χ0n) is 10.0. The Labute approximate surface area is 104 Å². The first-order valence-corrected chi connectivity index (χ1v) is 5.74. The van der Waals surface area contributed by atoms with Gasteiger partial charge in [0.05, 0.1) is 12.6 Å². The fraction of sp³-hybridized carbons (Fsp3) is 0.545. The molecule has 1 aromatic rings. The second kappa shape index (κ2) is 4.41. The van der Waals surface area contributed by atoms with E-state index < -0.39 is 16.4 Å². The molecule has 1 aromatic heterocycles. The number of nitrogens with one attached hydrogen (secondary N) is 1. The molecule has 98 valence electrons. The van der Waals surface area contributed by atoms with Gasteiger partial charge in [0.15, 0.2) is 5.69 Å². The minimum Gasteiger partial charge on any atom is -0.388 e. The van der Waals surface area contributed by atoms with Crippen LogP contribution >= 0.6 is 0 Å². The quantitative estimate of drug-likeness (QED) is 0.605. The predicted molar refractivity (Wildman–Crippen MR) is 63.2 cm³/mol. The fourth-order valence-electron chi connectivity index (χ4n) is 2.01. The summed E-state index contributed by atoms with van der Waals surface area (Å²) in [4.78, 5) is 21.9. The van der Waals surface area contributed by atoms with Crippen LogP contribution in [0.15, 0.2) is 12.1 Å². The van der Waals surface area contributed by atoms with Crippen molar-refractivity contribution in [3.05, 3.63) is 27.9 Å². The van der Waals surface area contributed by atoms with Crippen LogP contribution in [-0.2, 0) is 7.05 Å². The fourth-order valence-corrected chi connectivity index (χ4v) is 2.01. The highest BCUT2D eigenvalue weighted by Gasteiger charge is 2.35. The lowest BCUT2D eigenvalue weighted by Gasteiger charge is -2.36. The van der Waals surface area contributed by atoms with Gasteiger partial charge in [0.1, 0.15) is 0 Å². The monoisotopic (exact) mass is 253 g/mol. The normalized spacial score (nSPS) is 17.0. The van der Waals surface area contributed by atoms with E-state index in [1.54, 1.807) is 0 Å². The van der Waals surface area contributed by atoms with E-state index in [2.05, 4.69) is 5.32 Å². The maximum Gasteiger partial charge on any atom is 0.323 e. The number of hydrogen-bond donors (Lipinski definition) is 2. The number of nitro groups is 1. The van der Waals surface area contributed by atoms with Gasteiger partial charge in [-0.1, -0.05) is 0 Å². The van der Waals surface area contributed by atoms with Crippen LogP contribution in [-0.4, -0.2) is 32.6 Å². The summed E-state index contributed by atoms with van der Waals surface area (Å²) in [5.41, 5.74) is -0.586. The predicted octanol–water partition coefficient (Wildman–Crippen LogP) is 0.578. The third kappa shape index (κ3) is 2.21. The van der Waals surface area contributed by atoms with Gasteiger partial charge < -0.3 is 20.5 Å². The molecule has 0 spiro atoms. The summed E-state index contributed by atoms with van der Waals surface area (Å²) in [7, 11) is 1.46. The zero-order valence-corrected chi connectivity index (χ0v) is 10.0. The number of rotatable bonds is 4. The molecule has 7 nitrogen and oxygen atoms in total. The number of hydrogen-bond acceptors (Lipinski definition) is 4. The van der Waals surface area contributed by atoms with Crippen molar-refractivity contribution in [1.29, 1.82) is 0 Å². The summed E-state index contributed by atoms with van der Waals surface area (Å²) in [6.45, 7) is 0.185. The largest absolute Gasteiger partial charge is 0.388 e.